The number of benzene rings is 4. The number of carbonyl (C=O) groups excluding carboxylic acids is 4. The Bertz CT molecular complexity index is 2020. The first-order chi connectivity index (χ1) is 24.0. The molecule has 0 spiro atoms. The smallest absolute Gasteiger partial charge is 0.274 e. The molecule has 4 heterocycles. The molecule has 0 N–H and O–H groups in total. The van der Waals surface area contributed by atoms with Crippen molar-refractivity contribution in [2.24, 2.45) is 11.8 Å². The Balaban J connectivity index is 1.31. The Kier molecular flexibility index (Phi) is 7.31. The number of hydrazine groups is 1. The van der Waals surface area contributed by atoms with Crippen LogP contribution in [0.25, 0.3) is 0 Å². The minimum Gasteiger partial charge on any atom is -0.274 e. The molecule has 6 atom stereocenters. The van der Waals surface area contributed by atoms with Gasteiger partial charge in [0.15, 0.2) is 0 Å². The maximum atomic E-state index is 14.5. The average Bonchev–Trinajstić information content (AvgIpc) is 3.77. The topological polar surface area (TPSA) is 168 Å². The van der Waals surface area contributed by atoms with Crippen molar-refractivity contribution in [2.75, 3.05) is 9.80 Å². The largest absolute Gasteiger partial charge is 0.289 e. The van der Waals surface area contributed by atoms with E-state index >= 15 is 0 Å². The first-order valence-corrected chi connectivity index (χ1v) is 16.1. The Morgan fingerprint density at radius 1 is 0.500 bits per heavy atom. The number of imide groups is 2. The zero-order valence-electron chi connectivity index (χ0n) is 25.4. The maximum absolute atomic E-state index is 14.5. The van der Waals surface area contributed by atoms with Crippen LogP contribution in [0.2, 0.25) is 10.0 Å². The number of nitro benzene ring substituents is 2. The third kappa shape index (κ3) is 4.42. The molecule has 4 fully saturated rings. The minimum atomic E-state index is -1.20. The average molecular weight is 713 g/mol. The normalized spacial score (nSPS) is 26.0. The van der Waals surface area contributed by atoms with Crippen LogP contribution < -0.4 is 9.80 Å². The summed E-state index contributed by atoms with van der Waals surface area (Å²) in [6, 6.07) is 20.6. The quantitative estimate of drug-likeness (QED) is 0.146. The van der Waals surface area contributed by atoms with Gasteiger partial charge < -0.3 is 0 Å². The molecule has 6 unspecified atom stereocenters. The van der Waals surface area contributed by atoms with Crippen molar-refractivity contribution in [1.29, 1.82) is 0 Å². The van der Waals surface area contributed by atoms with Gasteiger partial charge in [0.2, 0.25) is 11.8 Å². The molecule has 4 aliphatic rings. The highest BCUT2D eigenvalue weighted by Gasteiger charge is 2.73. The van der Waals surface area contributed by atoms with Crippen LogP contribution in [-0.4, -0.2) is 55.6 Å². The van der Waals surface area contributed by atoms with Gasteiger partial charge in [0.1, 0.15) is 22.1 Å². The van der Waals surface area contributed by atoms with Crippen molar-refractivity contribution >= 4 is 69.6 Å². The van der Waals surface area contributed by atoms with Crippen LogP contribution >= 0.6 is 23.2 Å². The van der Waals surface area contributed by atoms with Crippen molar-refractivity contribution in [3.63, 3.8) is 0 Å². The molecule has 4 aromatic rings. The molecule has 0 radical (unpaired) electrons. The Hall–Kier alpha value is -5.54. The Labute approximate surface area is 292 Å². The molecule has 4 aliphatic heterocycles. The number of carbonyl (C=O) groups is 4. The fraction of sp³-hybridized carbons (Fsp3) is 0.176. The van der Waals surface area contributed by atoms with Crippen molar-refractivity contribution < 1.29 is 29.0 Å². The summed E-state index contributed by atoms with van der Waals surface area (Å²) >= 11 is 12.1. The van der Waals surface area contributed by atoms with Crippen LogP contribution in [0, 0.1) is 32.1 Å². The van der Waals surface area contributed by atoms with Gasteiger partial charge in [-0.3, -0.25) is 39.4 Å². The summed E-state index contributed by atoms with van der Waals surface area (Å²) < 4.78 is 0. The third-order valence-corrected chi connectivity index (χ3v) is 10.4. The summed E-state index contributed by atoms with van der Waals surface area (Å²) in [6.45, 7) is 0. The SMILES string of the molecule is O=C1C2C(C(=O)N1c1ccc(Cl)c([N+](=O)[O-])c1)N1C(c3ccccc3)C3C(=O)N(c4ccc(Cl)c([N+](=O)[O-])c4)C(=O)C3N1C2c1ccccc1. The van der Waals surface area contributed by atoms with E-state index in [2.05, 4.69) is 0 Å². The number of hydrogen-bond donors (Lipinski definition) is 0. The van der Waals surface area contributed by atoms with E-state index in [1.807, 2.05) is 0 Å². The van der Waals surface area contributed by atoms with Crippen LogP contribution in [0.3, 0.4) is 0 Å². The molecule has 0 aliphatic carbocycles. The van der Waals surface area contributed by atoms with Crippen molar-refractivity contribution in [3.8, 4) is 0 Å². The number of nitro groups is 2. The highest BCUT2D eigenvalue weighted by Crippen LogP contribution is 2.60. The monoisotopic (exact) mass is 712 g/mol. The van der Waals surface area contributed by atoms with Crippen LogP contribution in [0.4, 0.5) is 22.7 Å². The fourth-order valence-corrected chi connectivity index (χ4v) is 8.24. The highest BCUT2D eigenvalue weighted by atomic mass is 35.5. The lowest BCUT2D eigenvalue weighted by Gasteiger charge is -2.35. The summed E-state index contributed by atoms with van der Waals surface area (Å²) in [7, 11) is 0. The van der Waals surface area contributed by atoms with E-state index < -0.39 is 80.9 Å². The molecule has 4 saturated heterocycles. The second kappa shape index (κ2) is 11.5. The van der Waals surface area contributed by atoms with Gasteiger partial charge in [0, 0.05) is 12.1 Å². The van der Waals surface area contributed by atoms with Gasteiger partial charge in [-0.25, -0.2) is 19.8 Å². The number of anilines is 2. The van der Waals surface area contributed by atoms with Gasteiger partial charge in [-0.2, -0.15) is 0 Å². The molecule has 50 heavy (non-hydrogen) atoms. The van der Waals surface area contributed by atoms with E-state index in [9.17, 15) is 39.4 Å². The zero-order chi connectivity index (χ0) is 35.2. The molecule has 250 valence electrons. The summed E-state index contributed by atoms with van der Waals surface area (Å²) in [5, 5.41) is 26.4. The molecule has 0 saturated carbocycles. The van der Waals surface area contributed by atoms with Gasteiger partial charge in [-0.05, 0) is 35.4 Å². The van der Waals surface area contributed by atoms with Crippen LogP contribution in [-0.2, 0) is 19.2 Å². The number of hydrogen-bond acceptors (Lipinski definition) is 10. The number of nitrogens with zero attached hydrogens (tertiary/aromatic N) is 6. The Morgan fingerprint density at radius 3 is 1.20 bits per heavy atom. The van der Waals surface area contributed by atoms with E-state index in [4.69, 9.17) is 23.2 Å². The first kappa shape index (κ1) is 31.7. The molecular formula is C34H22Cl2N6O8. The standard InChI is InChI=1S/C34H22Cl2N6O8/c35-21-13-11-19(15-23(21)41(47)48)37-31(43)25-27(17-7-3-1-4-8-17)39-30-26(28(18-9-5-2-6-10-18)40(39)29(25)33(37)45)32(44)38(34(30)46)20-12-14-22(36)24(16-20)42(49)50/h1-16,25-30H. The van der Waals surface area contributed by atoms with Gasteiger partial charge in [-0.1, -0.05) is 83.9 Å². The number of fused-ring (bicyclic) bond motifs is 5. The highest BCUT2D eigenvalue weighted by molar-refractivity contribution is 6.33. The first-order valence-electron chi connectivity index (χ1n) is 15.3. The van der Waals surface area contributed by atoms with E-state index in [-0.39, 0.29) is 21.4 Å². The van der Waals surface area contributed by atoms with E-state index in [1.165, 1.54) is 24.3 Å². The molecule has 4 amide bonds. The van der Waals surface area contributed by atoms with Crippen molar-refractivity contribution in [1.82, 2.24) is 10.0 Å². The number of amides is 4. The van der Waals surface area contributed by atoms with Crippen LogP contribution in [0.15, 0.2) is 97.1 Å². The predicted molar refractivity (Wildman–Crippen MR) is 178 cm³/mol. The lowest BCUT2D eigenvalue weighted by molar-refractivity contribution is -0.384. The molecule has 16 heteroatoms. The molecule has 14 nitrogen and oxygen atoms in total. The molecular weight excluding hydrogens is 691 g/mol. The molecule has 0 bridgehead atoms. The predicted octanol–water partition coefficient (Wildman–Crippen LogP) is 5.25. The lowest BCUT2D eigenvalue weighted by atomic mass is 9.84. The van der Waals surface area contributed by atoms with E-state index in [0.29, 0.717) is 11.1 Å². The Morgan fingerprint density at radius 2 is 0.860 bits per heavy atom. The van der Waals surface area contributed by atoms with Gasteiger partial charge in [-0.15, -0.1) is 0 Å². The summed E-state index contributed by atoms with van der Waals surface area (Å²) in [5.74, 6) is -4.87. The van der Waals surface area contributed by atoms with Crippen LogP contribution in [0.1, 0.15) is 23.2 Å². The van der Waals surface area contributed by atoms with Crippen LogP contribution in [0.5, 0.6) is 0 Å². The van der Waals surface area contributed by atoms with Gasteiger partial charge in [0.05, 0.1) is 45.1 Å². The number of rotatable bonds is 6. The maximum Gasteiger partial charge on any atom is 0.289 e. The number of halogens is 2. The van der Waals surface area contributed by atoms with E-state index in [1.54, 1.807) is 70.7 Å². The fourth-order valence-electron chi connectivity index (χ4n) is 7.87. The second-order valence-electron chi connectivity index (χ2n) is 12.2. The van der Waals surface area contributed by atoms with Gasteiger partial charge in [0.25, 0.3) is 23.2 Å². The third-order valence-electron chi connectivity index (χ3n) is 9.78. The van der Waals surface area contributed by atoms with Crippen molar-refractivity contribution in [2.45, 2.75) is 24.2 Å². The second-order valence-corrected chi connectivity index (χ2v) is 13.0. The molecule has 4 aromatic carbocycles. The zero-order valence-corrected chi connectivity index (χ0v) is 26.9. The minimum absolute atomic E-state index is 0.0397. The van der Waals surface area contributed by atoms with E-state index in [0.717, 1.165) is 21.9 Å². The summed E-state index contributed by atoms with van der Waals surface area (Å²) in [5.41, 5.74) is 0.121. The van der Waals surface area contributed by atoms with Crippen molar-refractivity contribution in [3.05, 3.63) is 138 Å². The van der Waals surface area contributed by atoms with Gasteiger partial charge >= 0.3 is 0 Å². The molecule has 0 aromatic heterocycles. The summed E-state index contributed by atoms with van der Waals surface area (Å²) in [6.07, 6.45) is 0. The lowest BCUT2D eigenvalue weighted by Crippen LogP contribution is -2.50. The summed E-state index contributed by atoms with van der Waals surface area (Å²) in [4.78, 5) is 81.9. The molecule has 8 rings (SSSR count).